The SMILES string of the molecule is CCCCCCCC/C=C\CCCCCCC(C)SNCC. The quantitative estimate of drug-likeness (QED) is 0.171. The van der Waals surface area contributed by atoms with Crippen molar-refractivity contribution in [3.63, 3.8) is 0 Å². The fraction of sp³-hybridized carbons (Fsp3) is 0.900. The molecule has 0 rings (SSSR count). The van der Waals surface area contributed by atoms with Crippen molar-refractivity contribution in [1.82, 2.24) is 4.72 Å². The Labute approximate surface area is 145 Å². The van der Waals surface area contributed by atoms with Crippen LogP contribution in [-0.4, -0.2) is 11.8 Å². The Morgan fingerprint density at radius 2 is 1.32 bits per heavy atom. The molecule has 1 atom stereocenters. The van der Waals surface area contributed by atoms with Crippen LogP contribution in [0.15, 0.2) is 12.2 Å². The van der Waals surface area contributed by atoms with Crippen molar-refractivity contribution in [2.24, 2.45) is 0 Å². The molecule has 0 amide bonds. The predicted molar refractivity (Wildman–Crippen MR) is 106 cm³/mol. The maximum atomic E-state index is 3.36. The van der Waals surface area contributed by atoms with Crippen molar-refractivity contribution in [2.75, 3.05) is 6.54 Å². The first-order valence-corrected chi connectivity index (χ1v) is 10.7. The Balaban J connectivity index is 3.14. The highest BCUT2D eigenvalue weighted by molar-refractivity contribution is 7.98. The van der Waals surface area contributed by atoms with E-state index in [4.69, 9.17) is 0 Å². The lowest BCUT2D eigenvalue weighted by molar-refractivity contribution is 0.608. The number of hydrogen-bond acceptors (Lipinski definition) is 2. The molecule has 1 nitrogen and oxygen atoms in total. The van der Waals surface area contributed by atoms with Crippen LogP contribution in [0, 0.1) is 0 Å². The highest BCUT2D eigenvalue weighted by Crippen LogP contribution is 2.15. The lowest BCUT2D eigenvalue weighted by atomic mass is 10.1. The highest BCUT2D eigenvalue weighted by atomic mass is 32.2. The van der Waals surface area contributed by atoms with Crippen molar-refractivity contribution in [2.45, 2.75) is 109 Å². The summed E-state index contributed by atoms with van der Waals surface area (Å²) in [6.45, 7) is 7.85. The smallest absolute Gasteiger partial charge is 0.0164 e. The van der Waals surface area contributed by atoms with Gasteiger partial charge in [0.1, 0.15) is 0 Å². The minimum absolute atomic E-state index is 0.761. The van der Waals surface area contributed by atoms with Crippen molar-refractivity contribution >= 4 is 11.9 Å². The maximum absolute atomic E-state index is 3.36. The highest BCUT2D eigenvalue weighted by Gasteiger charge is 2.00. The molecular formula is C20H41NS. The van der Waals surface area contributed by atoms with Crippen LogP contribution < -0.4 is 4.72 Å². The Hall–Kier alpha value is 0.0500. The summed E-state index contributed by atoms with van der Waals surface area (Å²) in [6, 6.07) is 0. The van der Waals surface area contributed by atoms with Crippen LogP contribution in [0.5, 0.6) is 0 Å². The fourth-order valence-electron chi connectivity index (χ4n) is 2.61. The van der Waals surface area contributed by atoms with Gasteiger partial charge in [-0.3, -0.25) is 4.72 Å². The van der Waals surface area contributed by atoms with Crippen LogP contribution in [0.1, 0.15) is 104 Å². The first-order chi connectivity index (χ1) is 10.8. The van der Waals surface area contributed by atoms with Gasteiger partial charge in [0.25, 0.3) is 0 Å². The molecule has 22 heavy (non-hydrogen) atoms. The van der Waals surface area contributed by atoms with Gasteiger partial charge < -0.3 is 0 Å². The molecule has 0 aromatic carbocycles. The Morgan fingerprint density at radius 3 is 1.91 bits per heavy atom. The third kappa shape index (κ3) is 18.1. The third-order valence-corrected chi connectivity index (χ3v) is 5.14. The molecule has 0 aromatic rings. The normalized spacial score (nSPS) is 13.0. The van der Waals surface area contributed by atoms with Gasteiger partial charge >= 0.3 is 0 Å². The molecule has 1 unspecified atom stereocenters. The molecule has 0 aliphatic rings. The second-order valence-corrected chi connectivity index (χ2v) is 7.77. The molecule has 2 heteroatoms. The summed E-state index contributed by atoms with van der Waals surface area (Å²) < 4.78 is 3.36. The van der Waals surface area contributed by atoms with E-state index in [-0.39, 0.29) is 0 Å². The topological polar surface area (TPSA) is 12.0 Å². The minimum atomic E-state index is 0.761. The van der Waals surface area contributed by atoms with Gasteiger partial charge in [-0.1, -0.05) is 96.2 Å². The van der Waals surface area contributed by atoms with E-state index in [9.17, 15) is 0 Å². The largest absolute Gasteiger partial charge is 0.264 e. The molecule has 0 saturated carbocycles. The van der Waals surface area contributed by atoms with Crippen LogP contribution in [0.3, 0.4) is 0 Å². The molecular weight excluding hydrogens is 286 g/mol. The molecule has 0 heterocycles. The summed E-state index contributed by atoms with van der Waals surface area (Å²) in [4.78, 5) is 0. The summed E-state index contributed by atoms with van der Waals surface area (Å²) in [5.41, 5.74) is 0. The molecule has 0 radical (unpaired) electrons. The molecule has 1 N–H and O–H groups in total. The summed E-state index contributed by atoms with van der Waals surface area (Å²) in [5.74, 6) is 0. The monoisotopic (exact) mass is 327 g/mol. The van der Waals surface area contributed by atoms with Gasteiger partial charge in [-0.2, -0.15) is 0 Å². The lowest BCUT2D eigenvalue weighted by Gasteiger charge is -2.10. The number of unbranched alkanes of at least 4 members (excludes halogenated alkanes) is 10. The van der Waals surface area contributed by atoms with E-state index in [1.165, 1.54) is 83.5 Å². The Morgan fingerprint density at radius 1 is 0.773 bits per heavy atom. The van der Waals surface area contributed by atoms with Crippen LogP contribution in [0.2, 0.25) is 0 Å². The average molecular weight is 328 g/mol. The van der Waals surface area contributed by atoms with Crippen LogP contribution in [0.25, 0.3) is 0 Å². The maximum Gasteiger partial charge on any atom is 0.0164 e. The summed E-state index contributed by atoms with van der Waals surface area (Å²) in [7, 11) is 0. The fourth-order valence-corrected chi connectivity index (χ4v) is 3.35. The first kappa shape index (κ1) is 22.1. The Bertz CT molecular complexity index is 228. The summed E-state index contributed by atoms with van der Waals surface area (Å²) in [5, 5.41) is 0.761. The Kier molecular flexibility index (Phi) is 19.1. The zero-order valence-corrected chi connectivity index (χ0v) is 16.4. The third-order valence-electron chi connectivity index (χ3n) is 4.05. The first-order valence-electron chi connectivity index (χ1n) is 9.84. The van der Waals surface area contributed by atoms with E-state index in [2.05, 4.69) is 37.6 Å². The lowest BCUT2D eigenvalue weighted by Crippen LogP contribution is -2.08. The number of allylic oxidation sites excluding steroid dienone is 2. The summed E-state index contributed by atoms with van der Waals surface area (Å²) >= 11 is 1.90. The van der Waals surface area contributed by atoms with Gasteiger partial charge in [0, 0.05) is 11.8 Å². The van der Waals surface area contributed by atoms with Gasteiger partial charge in [0.2, 0.25) is 0 Å². The van der Waals surface area contributed by atoms with Gasteiger partial charge in [-0.15, -0.1) is 0 Å². The average Bonchev–Trinajstić information content (AvgIpc) is 2.53. The van der Waals surface area contributed by atoms with Crippen molar-refractivity contribution < 1.29 is 0 Å². The zero-order chi connectivity index (χ0) is 16.3. The molecule has 0 fully saturated rings. The van der Waals surface area contributed by atoms with Crippen LogP contribution in [0.4, 0.5) is 0 Å². The van der Waals surface area contributed by atoms with E-state index >= 15 is 0 Å². The molecule has 0 aromatic heterocycles. The summed E-state index contributed by atoms with van der Waals surface area (Å²) in [6.07, 6.45) is 22.8. The number of hydrogen-bond donors (Lipinski definition) is 1. The van der Waals surface area contributed by atoms with Crippen LogP contribution in [-0.2, 0) is 0 Å². The molecule has 0 aliphatic heterocycles. The van der Waals surface area contributed by atoms with Gasteiger partial charge in [0.05, 0.1) is 0 Å². The van der Waals surface area contributed by atoms with E-state index < -0.39 is 0 Å². The van der Waals surface area contributed by atoms with Crippen molar-refractivity contribution in [1.29, 1.82) is 0 Å². The predicted octanol–water partition coefficient (Wildman–Crippen LogP) is 7.28. The van der Waals surface area contributed by atoms with Gasteiger partial charge in [0.15, 0.2) is 0 Å². The number of rotatable bonds is 17. The van der Waals surface area contributed by atoms with E-state index in [1.807, 2.05) is 11.9 Å². The van der Waals surface area contributed by atoms with Gasteiger partial charge in [-0.25, -0.2) is 0 Å². The van der Waals surface area contributed by atoms with Crippen molar-refractivity contribution in [3.05, 3.63) is 12.2 Å². The molecule has 0 aliphatic carbocycles. The molecule has 0 spiro atoms. The van der Waals surface area contributed by atoms with Crippen LogP contribution >= 0.6 is 11.9 Å². The van der Waals surface area contributed by atoms with Gasteiger partial charge in [-0.05, 0) is 32.1 Å². The van der Waals surface area contributed by atoms with E-state index in [1.54, 1.807) is 0 Å². The van der Waals surface area contributed by atoms with Crippen molar-refractivity contribution in [3.8, 4) is 0 Å². The molecule has 0 saturated heterocycles. The second kappa shape index (κ2) is 19.1. The second-order valence-electron chi connectivity index (χ2n) is 6.45. The van der Waals surface area contributed by atoms with E-state index in [0.29, 0.717) is 0 Å². The molecule has 0 bridgehead atoms. The minimum Gasteiger partial charge on any atom is -0.264 e. The van der Waals surface area contributed by atoms with E-state index in [0.717, 1.165) is 11.8 Å². The molecule has 132 valence electrons. The standard InChI is InChI=1S/C20H41NS/c1-4-6-7-8-9-10-11-12-13-14-15-16-17-18-19-20(3)22-21-5-2/h12-13,20-21H,4-11,14-19H2,1-3H3/b13-12-. The number of nitrogens with one attached hydrogen (secondary N) is 1. The zero-order valence-electron chi connectivity index (χ0n) is 15.5.